The van der Waals surface area contributed by atoms with Crippen LogP contribution >= 0.6 is 0 Å². The first kappa shape index (κ1) is 17.3. The number of aromatic nitrogens is 2. The molecule has 1 aromatic heterocycles. The van der Waals surface area contributed by atoms with Crippen LogP contribution in [0.2, 0.25) is 0 Å². The number of nitrogens with zero attached hydrogens (tertiary/aromatic N) is 4. The van der Waals surface area contributed by atoms with E-state index in [2.05, 4.69) is 15.3 Å². The van der Waals surface area contributed by atoms with Crippen molar-refractivity contribution in [3.8, 4) is 0 Å². The average molecular weight is 349 g/mol. The summed E-state index contributed by atoms with van der Waals surface area (Å²) in [5.74, 6) is 0.554. The molecule has 2 aromatic carbocycles. The van der Waals surface area contributed by atoms with E-state index in [4.69, 9.17) is 0 Å². The molecule has 7 heteroatoms. The van der Waals surface area contributed by atoms with Gasteiger partial charge in [0.1, 0.15) is 5.69 Å². The Hall–Kier alpha value is -3.48. The molecular formula is C19H19N5O2. The van der Waals surface area contributed by atoms with E-state index in [-0.39, 0.29) is 11.5 Å². The van der Waals surface area contributed by atoms with Crippen molar-refractivity contribution in [2.24, 2.45) is 0 Å². The van der Waals surface area contributed by atoms with Crippen molar-refractivity contribution in [2.45, 2.75) is 13.8 Å². The second kappa shape index (κ2) is 7.18. The predicted molar refractivity (Wildman–Crippen MR) is 102 cm³/mol. The smallest absolute Gasteiger partial charge is 0.324 e. The van der Waals surface area contributed by atoms with E-state index in [1.165, 1.54) is 0 Å². The molecule has 7 nitrogen and oxygen atoms in total. The van der Waals surface area contributed by atoms with Gasteiger partial charge in [-0.25, -0.2) is 4.98 Å². The van der Waals surface area contributed by atoms with Crippen molar-refractivity contribution in [3.05, 3.63) is 76.0 Å². The lowest BCUT2D eigenvalue weighted by molar-refractivity contribution is -0.385. The number of hydrogen-bond acceptors (Lipinski definition) is 6. The van der Waals surface area contributed by atoms with Crippen molar-refractivity contribution >= 4 is 28.8 Å². The van der Waals surface area contributed by atoms with Gasteiger partial charge in [0.25, 0.3) is 0 Å². The molecule has 0 fully saturated rings. The molecule has 0 bridgehead atoms. The largest absolute Gasteiger partial charge is 0.333 e. The van der Waals surface area contributed by atoms with Crippen molar-refractivity contribution in [3.63, 3.8) is 0 Å². The number of rotatable bonds is 5. The number of nitro groups is 1. The molecule has 1 heterocycles. The fourth-order valence-electron chi connectivity index (χ4n) is 2.60. The monoisotopic (exact) mass is 349 g/mol. The number of para-hydroxylation sites is 1. The normalized spacial score (nSPS) is 10.4. The zero-order valence-corrected chi connectivity index (χ0v) is 14.8. The molecule has 3 aromatic rings. The minimum Gasteiger partial charge on any atom is -0.324 e. The molecule has 26 heavy (non-hydrogen) atoms. The van der Waals surface area contributed by atoms with Crippen LogP contribution in [0.25, 0.3) is 0 Å². The minimum absolute atomic E-state index is 0.106. The highest BCUT2D eigenvalue weighted by Crippen LogP contribution is 2.33. The van der Waals surface area contributed by atoms with Crippen LogP contribution in [0.1, 0.15) is 11.3 Å². The van der Waals surface area contributed by atoms with Gasteiger partial charge in [-0.15, -0.1) is 0 Å². The second-order valence-electron chi connectivity index (χ2n) is 5.95. The molecule has 0 aliphatic rings. The molecule has 0 atom stereocenters. The summed E-state index contributed by atoms with van der Waals surface area (Å²) in [5.41, 5.74) is 2.95. The predicted octanol–water partition coefficient (Wildman–Crippen LogP) is 4.51. The number of nitrogens with one attached hydrogen (secondary N) is 1. The molecule has 0 aliphatic heterocycles. The van der Waals surface area contributed by atoms with Crippen molar-refractivity contribution in [1.82, 2.24) is 9.97 Å². The average Bonchev–Trinajstić information content (AvgIpc) is 2.63. The molecule has 0 saturated heterocycles. The Balaban J connectivity index is 2.04. The molecule has 3 rings (SSSR count). The van der Waals surface area contributed by atoms with Gasteiger partial charge in [0.15, 0.2) is 0 Å². The van der Waals surface area contributed by atoms with Crippen LogP contribution in [-0.4, -0.2) is 21.9 Å². The summed E-state index contributed by atoms with van der Waals surface area (Å²) in [6.45, 7) is 3.62. The molecule has 0 spiro atoms. The van der Waals surface area contributed by atoms with Gasteiger partial charge in [-0.05, 0) is 38.1 Å². The summed E-state index contributed by atoms with van der Waals surface area (Å²) in [7, 11) is 1.75. The maximum absolute atomic E-state index is 11.6. The number of hydrogen-bond donors (Lipinski definition) is 1. The third-order valence-electron chi connectivity index (χ3n) is 3.99. The van der Waals surface area contributed by atoms with Crippen LogP contribution in [-0.2, 0) is 0 Å². The molecule has 0 unspecified atom stereocenters. The summed E-state index contributed by atoms with van der Waals surface area (Å²) in [4.78, 5) is 21.5. The SMILES string of the molecule is Cc1ccc(Nc2nc(C)c([N+](=O)[O-])c(N(C)c3ccccc3)n2)cc1. The maximum atomic E-state index is 11.6. The van der Waals surface area contributed by atoms with E-state index < -0.39 is 4.92 Å². The minimum atomic E-state index is -0.445. The Morgan fingerprint density at radius 2 is 1.65 bits per heavy atom. The third kappa shape index (κ3) is 3.61. The summed E-state index contributed by atoms with van der Waals surface area (Å²) in [5, 5.41) is 14.7. The zero-order chi connectivity index (χ0) is 18.7. The molecule has 132 valence electrons. The van der Waals surface area contributed by atoms with Crippen molar-refractivity contribution in [1.29, 1.82) is 0 Å². The molecule has 0 amide bonds. The topological polar surface area (TPSA) is 84.2 Å². The van der Waals surface area contributed by atoms with Gasteiger partial charge in [-0.3, -0.25) is 10.1 Å². The first-order valence-electron chi connectivity index (χ1n) is 8.11. The van der Waals surface area contributed by atoms with Gasteiger partial charge in [-0.2, -0.15) is 4.98 Å². The van der Waals surface area contributed by atoms with Crippen LogP contribution in [0.5, 0.6) is 0 Å². The van der Waals surface area contributed by atoms with E-state index >= 15 is 0 Å². The molecule has 0 radical (unpaired) electrons. The van der Waals surface area contributed by atoms with E-state index in [0.29, 0.717) is 11.6 Å². The Bertz CT molecular complexity index is 927. The Morgan fingerprint density at radius 3 is 2.27 bits per heavy atom. The Labute approximate surface area is 151 Å². The Morgan fingerprint density at radius 1 is 1.00 bits per heavy atom. The lowest BCUT2D eigenvalue weighted by Gasteiger charge is -2.19. The quantitative estimate of drug-likeness (QED) is 0.539. The fourth-order valence-corrected chi connectivity index (χ4v) is 2.60. The van der Waals surface area contributed by atoms with E-state index in [9.17, 15) is 10.1 Å². The van der Waals surface area contributed by atoms with Crippen LogP contribution in [0, 0.1) is 24.0 Å². The third-order valence-corrected chi connectivity index (χ3v) is 3.99. The van der Waals surface area contributed by atoms with Gasteiger partial charge in [-0.1, -0.05) is 35.9 Å². The van der Waals surface area contributed by atoms with Crippen LogP contribution in [0.3, 0.4) is 0 Å². The van der Waals surface area contributed by atoms with Crippen molar-refractivity contribution in [2.75, 3.05) is 17.3 Å². The zero-order valence-electron chi connectivity index (χ0n) is 14.8. The lowest BCUT2D eigenvalue weighted by atomic mass is 10.2. The molecule has 0 saturated carbocycles. The molecular weight excluding hydrogens is 330 g/mol. The second-order valence-corrected chi connectivity index (χ2v) is 5.95. The van der Waals surface area contributed by atoms with Gasteiger partial charge >= 0.3 is 5.69 Å². The summed E-state index contributed by atoms with van der Waals surface area (Å²) >= 11 is 0. The van der Waals surface area contributed by atoms with Gasteiger partial charge in [0, 0.05) is 18.4 Å². The lowest BCUT2D eigenvalue weighted by Crippen LogP contribution is -2.16. The summed E-state index contributed by atoms with van der Waals surface area (Å²) in [6.07, 6.45) is 0. The van der Waals surface area contributed by atoms with E-state index in [1.807, 2.05) is 61.5 Å². The van der Waals surface area contributed by atoms with Crippen LogP contribution < -0.4 is 10.2 Å². The van der Waals surface area contributed by atoms with Gasteiger partial charge in [0.2, 0.25) is 11.8 Å². The summed E-state index contributed by atoms with van der Waals surface area (Å²) in [6, 6.07) is 17.1. The van der Waals surface area contributed by atoms with E-state index in [1.54, 1.807) is 18.9 Å². The van der Waals surface area contributed by atoms with Gasteiger partial charge in [0.05, 0.1) is 4.92 Å². The van der Waals surface area contributed by atoms with Crippen LogP contribution in [0.15, 0.2) is 54.6 Å². The number of anilines is 4. The number of aryl methyl sites for hydroxylation is 2. The highest BCUT2D eigenvalue weighted by molar-refractivity contribution is 5.71. The summed E-state index contributed by atoms with van der Waals surface area (Å²) < 4.78 is 0. The molecule has 1 N–H and O–H groups in total. The number of benzene rings is 2. The van der Waals surface area contributed by atoms with Crippen molar-refractivity contribution < 1.29 is 4.92 Å². The van der Waals surface area contributed by atoms with Gasteiger partial charge < -0.3 is 10.2 Å². The standard InChI is InChI=1S/C19H19N5O2/c1-13-9-11-15(12-10-13)21-19-20-14(2)17(24(25)26)18(22-19)23(3)16-7-5-4-6-8-16/h4-12H,1-3H3,(H,20,21,22). The maximum Gasteiger partial charge on any atom is 0.333 e. The molecule has 0 aliphatic carbocycles. The first-order chi connectivity index (χ1) is 12.5. The fraction of sp³-hybridized carbons (Fsp3) is 0.158. The first-order valence-corrected chi connectivity index (χ1v) is 8.11. The van der Waals surface area contributed by atoms with E-state index in [0.717, 1.165) is 16.9 Å². The van der Waals surface area contributed by atoms with Crippen LogP contribution in [0.4, 0.5) is 28.8 Å². The highest BCUT2D eigenvalue weighted by atomic mass is 16.6. The highest BCUT2D eigenvalue weighted by Gasteiger charge is 2.25. The Kier molecular flexibility index (Phi) is 4.79.